The van der Waals surface area contributed by atoms with E-state index in [2.05, 4.69) is 15.7 Å². The quantitative estimate of drug-likeness (QED) is 0.648. The minimum Gasteiger partial charge on any atom is -0.449 e. The first kappa shape index (κ1) is 19.5. The Kier molecular flexibility index (Phi) is 6.35. The number of carbonyl (C=O) groups excluding carboxylic acids is 2. The Morgan fingerprint density at radius 1 is 1.31 bits per heavy atom. The maximum Gasteiger partial charge on any atom is 0.341 e. The molecule has 1 aromatic heterocycles. The largest absolute Gasteiger partial charge is 0.449 e. The molecule has 0 spiro atoms. The standard InChI is InChI=1S/C18H24N4O4/c1-11-16(12(2)22(4)21-11)20-17(24)13(3)26-18(25)14-7-5-6-8-15(14)19-9-10-23/h5-8,13,19,23H,9-10H2,1-4H3,(H,20,24)/t13-/m0/s1. The van der Waals surface area contributed by atoms with E-state index in [-0.39, 0.29) is 6.61 Å². The molecule has 0 saturated carbocycles. The number of anilines is 2. The summed E-state index contributed by atoms with van der Waals surface area (Å²) in [7, 11) is 1.79. The number of esters is 1. The van der Waals surface area contributed by atoms with Gasteiger partial charge in [0.05, 0.1) is 29.2 Å². The smallest absolute Gasteiger partial charge is 0.341 e. The maximum absolute atomic E-state index is 12.4. The number of benzene rings is 1. The lowest BCUT2D eigenvalue weighted by molar-refractivity contribution is -0.123. The molecule has 0 aliphatic carbocycles. The van der Waals surface area contributed by atoms with Gasteiger partial charge in [-0.05, 0) is 32.9 Å². The highest BCUT2D eigenvalue weighted by Gasteiger charge is 2.22. The van der Waals surface area contributed by atoms with Gasteiger partial charge in [0, 0.05) is 19.3 Å². The lowest BCUT2D eigenvalue weighted by Gasteiger charge is -2.15. The second-order valence-corrected chi connectivity index (χ2v) is 5.90. The average Bonchev–Trinajstić information content (AvgIpc) is 2.86. The predicted octanol–water partition coefficient (Wildman–Crippen LogP) is 1.63. The van der Waals surface area contributed by atoms with Crippen LogP contribution in [0.4, 0.5) is 11.4 Å². The van der Waals surface area contributed by atoms with E-state index in [4.69, 9.17) is 9.84 Å². The molecule has 8 nitrogen and oxygen atoms in total. The van der Waals surface area contributed by atoms with Crippen molar-refractivity contribution in [3.05, 3.63) is 41.2 Å². The van der Waals surface area contributed by atoms with Gasteiger partial charge in [-0.1, -0.05) is 12.1 Å². The van der Waals surface area contributed by atoms with E-state index < -0.39 is 18.0 Å². The topological polar surface area (TPSA) is 105 Å². The second-order valence-electron chi connectivity index (χ2n) is 5.90. The van der Waals surface area contributed by atoms with Crippen molar-refractivity contribution in [3.8, 4) is 0 Å². The van der Waals surface area contributed by atoms with Crippen LogP contribution in [0.5, 0.6) is 0 Å². The minimum absolute atomic E-state index is 0.0635. The van der Waals surface area contributed by atoms with Crippen LogP contribution in [0, 0.1) is 13.8 Å². The molecule has 140 valence electrons. The Balaban J connectivity index is 2.06. The van der Waals surface area contributed by atoms with Crippen LogP contribution in [0.25, 0.3) is 0 Å². The third-order valence-electron chi connectivity index (χ3n) is 3.98. The summed E-state index contributed by atoms with van der Waals surface area (Å²) in [6.45, 7) is 5.39. The third kappa shape index (κ3) is 4.40. The Morgan fingerprint density at radius 3 is 2.62 bits per heavy atom. The van der Waals surface area contributed by atoms with Crippen LogP contribution < -0.4 is 10.6 Å². The molecule has 8 heteroatoms. The number of para-hydroxylation sites is 1. The number of amides is 1. The predicted molar refractivity (Wildman–Crippen MR) is 98.2 cm³/mol. The van der Waals surface area contributed by atoms with Gasteiger partial charge in [0.25, 0.3) is 5.91 Å². The molecule has 0 aliphatic heterocycles. The van der Waals surface area contributed by atoms with Gasteiger partial charge in [0.2, 0.25) is 0 Å². The van der Waals surface area contributed by atoms with Crippen LogP contribution in [0.15, 0.2) is 24.3 Å². The highest BCUT2D eigenvalue weighted by Crippen LogP contribution is 2.20. The molecular weight excluding hydrogens is 336 g/mol. The van der Waals surface area contributed by atoms with Crippen molar-refractivity contribution in [1.29, 1.82) is 0 Å². The number of ether oxygens (including phenoxy) is 1. The van der Waals surface area contributed by atoms with Crippen molar-refractivity contribution < 1.29 is 19.4 Å². The van der Waals surface area contributed by atoms with E-state index in [0.717, 1.165) is 5.69 Å². The molecule has 0 unspecified atom stereocenters. The highest BCUT2D eigenvalue weighted by molar-refractivity contribution is 6.00. The molecule has 0 aliphatic rings. The number of rotatable bonds is 7. The van der Waals surface area contributed by atoms with Crippen LogP contribution in [0.3, 0.4) is 0 Å². The Bertz CT molecular complexity index is 800. The fourth-order valence-corrected chi connectivity index (χ4v) is 2.46. The van der Waals surface area contributed by atoms with Crippen molar-refractivity contribution in [2.75, 3.05) is 23.8 Å². The summed E-state index contributed by atoms with van der Waals surface area (Å²) in [5, 5.41) is 18.9. The SMILES string of the molecule is Cc1nn(C)c(C)c1NC(=O)[C@H](C)OC(=O)c1ccccc1NCCO. The van der Waals surface area contributed by atoms with Crippen LogP contribution in [0.1, 0.15) is 28.7 Å². The van der Waals surface area contributed by atoms with E-state index >= 15 is 0 Å². The molecule has 1 atom stereocenters. The van der Waals surface area contributed by atoms with Crippen molar-refractivity contribution >= 4 is 23.3 Å². The monoisotopic (exact) mass is 360 g/mol. The number of hydrogen-bond donors (Lipinski definition) is 3. The van der Waals surface area contributed by atoms with E-state index in [1.807, 2.05) is 6.92 Å². The maximum atomic E-state index is 12.4. The Labute approximate surface area is 152 Å². The van der Waals surface area contributed by atoms with Gasteiger partial charge >= 0.3 is 5.97 Å². The molecule has 2 rings (SSSR count). The van der Waals surface area contributed by atoms with Gasteiger partial charge in [0.1, 0.15) is 0 Å². The number of aliphatic hydroxyl groups excluding tert-OH is 1. The Morgan fingerprint density at radius 2 is 2.00 bits per heavy atom. The number of carbonyl (C=O) groups is 2. The zero-order chi connectivity index (χ0) is 19.3. The first-order chi connectivity index (χ1) is 12.3. The lowest BCUT2D eigenvalue weighted by Crippen LogP contribution is -2.30. The molecule has 0 fully saturated rings. The first-order valence-electron chi connectivity index (χ1n) is 8.31. The van der Waals surface area contributed by atoms with Crippen LogP contribution >= 0.6 is 0 Å². The highest BCUT2D eigenvalue weighted by atomic mass is 16.5. The molecule has 1 heterocycles. The number of nitrogens with one attached hydrogen (secondary N) is 2. The zero-order valence-corrected chi connectivity index (χ0v) is 15.4. The fourth-order valence-electron chi connectivity index (χ4n) is 2.46. The molecular formula is C18H24N4O4. The Hall–Kier alpha value is -2.87. The van der Waals surface area contributed by atoms with E-state index in [1.54, 1.807) is 42.9 Å². The van der Waals surface area contributed by atoms with Gasteiger partial charge in [-0.25, -0.2) is 4.79 Å². The summed E-state index contributed by atoms with van der Waals surface area (Å²) >= 11 is 0. The number of aromatic nitrogens is 2. The van der Waals surface area contributed by atoms with E-state index in [0.29, 0.717) is 29.2 Å². The summed E-state index contributed by atoms with van der Waals surface area (Å²) in [5.41, 5.74) is 2.96. The molecule has 1 aromatic carbocycles. The summed E-state index contributed by atoms with van der Waals surface area (Å²) in [6, 6.07) is 6.77. The van der Waals surface area contributed by atoms with Gasteiger partial charge in [0.15, 0.2) is 6.10 Å². The molecule has 0 saturated heterocycles. The molecule has 2 aromatic rings. The van der Waals surface area contributed by atoms with Crippen molar-refractivity contribution in [2.24, 2.45) is 7.05 Å². The minimum atomic E-state index is -0.979. The van der Waals surface area contributed by atoms with E-state index in [9.17, 15) is 9.59 Å². The van der Waals surface area contributed by atoms with Crippen LogP contribution in [0.2, 0.25) is 0 Å². The number of aryl methyl sites for hydroxylation is 2. The van der Waals surface area contributed by atoms with Crippen molar-refractivity contribution in [1.82, 2.24) is 9.78 Å². The summed E-state index contributed by atoms with van der Waals surface area (Å²) < 4.78 is 6.97. The molecule has 3 N–H and O–H groups in total. The zero-order valence-electron chi connectivity index (χ0n) is 15.4. The van der Waals surface area contributed by atoms with Gasteiger partial charge in [-0.2, -0.15) is 5.10 Å². The van der Waals surface area contributed by atoms with Gasteiger partial charge in [-0.15, -0.1) is 0 Å². The van der Waals surface area contributed by atoms with Crippen molar-refractivity contribution in [2.45, 2.75) is 26.9 Å². The fraction of sp³-hybridized carbons (Fsp3) is 0.389. The number of hydrogen-bond acceptors (Lipinski definition) is 6. The normalized spacial score (nSPS) is 11.7. The van der Waals surface area contributed by atoms with Gasteiger partial charge in [-0.3, -0.25) is 9.48 Å². The lowest BCUT2D eigenvalue weighted by atomic mass is 10.1. The first-order valence-corrected chi connectivity index (χ1v) is 8.31. The third-order valence-corrected chi connectivity index (χ3v) is 3.98. The van der Waals surface area contributed by atoms with E-state index in [1.165, 1.54) is 6.92 Å². The summed E-state index contributed by atoms with van der Waals surface area (Å²) in [6.07, 6.45) is -0.979. The molecule has 1 amide bonds. The summed E-state index contributed by atoms with van der Waals surface area (Å²) in [5.74, 6) is -1.05. The average molecular weight is 360 g/mol. The van der Waals surface area contributed by atoms with Crippen molar-refractivity contribution in [3.63, 3.8) is 0 Å². The molecule has 0 bridgehead atoms. The molecule has 0 radical (unpaired) electrons. The van der Waals surface area contributed by atoms with Crippen LogP contribution in [-0.2, 0) is 16.6 Å². The van der Waals surface area contributed by atoms with Crippen LogP contribution in [-0.4, -0.2) is 46.0 Å². The van der Waals surface area contributed by atoms with Gasteiger partial charge < -0.3 is 20.5 Å². The molecule has 26 heavy (non-hydrogen) atoms. The second kappa shape index (κ2) is 8.48. The number of aliphatic hydroxyl groups is 1. The summed E-state index contributed by atoms with van der Waals surface area (Å²) in [4.78, 5) is 24.8. The number of nitrogens with zero attached hydrogens (tertiary/aromatic N) is 2.